The minimum atomic E-state index is -3.04. The van der Waals surface area contributed by atoms with Crippen LogP contribution in [-0.2, 0) is 6.42 Å². The summed E-state index contributed by atoms with van der Waals surface area (Å²) in [6.07, 6.45) is 0.767. The van der Waals surface area contributed by atoms with Crippen LogP contribution in [0.25, 0.3) is 21.9 Å². The molecule has 0 aliphatic carbocycles. The highest BCUT2D eigenvalue weighted by Crippen LogP contribution is 2.39. The molecule has 0 heterocycles. The third kappa shape index (κ3) is 3.62. The van der Waals surface area contributed by atoms with Gasteiger partial charge in [-0.3, -0.25) is 0 Å². The maximum absolute atomic E-state index is 15.2. The number of halogens is 3. The molecule has 0 amide bonds. The summed E-state index contributed by atoms with van der Waals surface area (Å²) in [4.78, 5) is 0. The van der Waals surface area contributed by atoms with Crippen molar-refractivity contribution in [2.24, 2.45) is 0 Å². The Hall–Kier alpha value is -2.69. The van der Waals surface area contributed by atoms with Crippen LogP contribution in [0.3, 0.4) is 0 Å². The zero-order valence-electron chi connectivity index (χ0n) is 14.6. The normalized spacial score (nSPS) is 11.2. The molecule has 0 aliphatic heterocycles. The van der Waals surface area contributed by atoms with Crippen LogP contribution >= 0.6 is 0 Å². The highest BCUT2D eigenvalue weighted by molar-refractivity contribution is 5.92. The summed E-state index contributed by atoms with van der Waals surface area (Å²) in [6.45, 7) is 1.30. The van der Waals surface area contributed by atoms with Crippen molar-refractivity contribution in [1.29, 1.82) is 0 Å². The smallest absolute Gasteiger partial charge is 0.387 e. The van der Waals surface area contributed by atoms with Crippen molar-refractivity contribution in [3.05, 3.63) is 59.9 Å². The molecule has 136 valence electrons. The van der Waals surface area contributed by atoms with Crippen LogP contribution in [0.1, 0.15) is 19.4 Å². The highest BCUT2D eigenvalue weighted by Gasteiger charge is 2.19. The van der Waals surface area contributed by atoms with Gasteiger partial charge in [0.15, 0.2) is 0 Å². The lowest BCUT2D eigenvalue weighted by Gasteiger charge is -2.15. The van der Waals surface area contributed by atoms with Gasteiger partial charge in [0.05, 0.1) is 12.2 Å². The highest BCUT2D eigenvalue weighted by atomic mass is 19.3. The number of aryl methyl sites for hydroxylation is 1. The predicted molar refractivity (Wildman–Crippen MR) is 96.5 cm³/mol. The molecule has 0 fully saturated rings. The Balaban J connectivity index is 2.19. The third-order valence-corrected chi connectivity index (χ3v) is 4.18. The fraction of sp³-hybridized carbons (Fsp3) is 0.238. The molecule has 0 saturated heterocycles. The van der Waals surface area contributed by atoms with Crippen LogP contribution in [0.2, 0.25) is 0 Å². The van der Waals surface area contributed by atoms with E-state index >= 15 is 4.39 Å². The number of rotatable bonds is 6. The van der Waals surface area contributed by atoms with E-state index in [1.54, 1.807) is 36.4 Å². The van der Waals surface area contributed by atoms with E-state index in [-0.39, 0.29) is 11.3 Å². The molecule has 0 radical (unpaired) electrons. The summed E-state index contributed by atoms with van der Waals surface area (Å²) in [5, 5.41) is 0.903. The van der Waals surface area contributed by atoms with E-state index in [2.05, 4.69) is 4.74 Å². The van der Waals surface area contributed by atoms with Gasteiger partial charge in [-0.25, -0.2) is 4.39 Å². The Morgan fingerprint density at radius 1 is 0.962 bits per heavy atom. The van der Waals surface area contributed by atoms with Crippen LogP contribution in [0.15, 0.2) is 48.5 Å². The van der Waals surface area contributed by atoms with Gasteiger partial charge in [-0.15, -0.1) is 0 Å². The van der Waals surface area contributed by atoms with E-state index in [0.29, 0.717) is 28.7 Å². The lowest BCUT2D eigenvalue weighted by Crippen LogP contribution is -2.05. The molecule has 0 saturated carbocycles. The molecule has 0 aliphatic rings. The Morgan fingerprint density at radius 2 is 1.69 bits per heavy atom. The van der Waals surface area contributed by atoms with E-state index in [0.717, 1.165) is 12.0 Å². The molecular weight excluding hydrogens is 341 g/mol. The summed E-state index contributed by atoms with van der Waals surface area (Å²) in [5.74, 6) is -0.131. The first kappa shape index (κ1) is 18.1. The quantitative estimate of drug-likeness (QED) is 0.520. The van der Waals surface area contributed by atoms with Gasteiger partial charge in [-0.05, 0) is 48.1 Å². The maximum atomic E-state index is 15.2. The second-order valence-corrected chi connectivity index (χ2v) is 5.81. The molecule has 3 aromatic carbocycles. The van der Waals surface area contributed by atoms with Crippen LogP contribution < -0.4 is 9.47 Å². The van der Waals surface area contributed by atoms with Gasteiger partial charge < -0.3 is 9.47 Å². The van der Waals surface area contributed by atoms with E-state index in [1.807, 2.05) is 19.9 Å². The van der Waals surface area contributed by atoms with Crippen LogP contribution in [0, 0.1) is 5.82 Å². The van der Waals surface area contributed by atoms with E-state index < -0.39 is 12.4 Å². The SMILES string of the molecule is CCOc1ccc(-c2c(OC(F)F)cc3cc(CC)ccc3c2F)cc1. The molecule has 5 heteroatoms. The molecule has 0 atom stereocenters. The van der Waals surface area contributed by atoms with Crippen molar-refractivity contribution in [3.63, 3.8) is 0 Å². The molecule has 26 heavy (non-hydrogen) atoms. The molecule has 0 spiro atoms. The fourth-order valence-corrected chi connectivity index (χ4v) is 2.95. The average Bonchev–Trinajstić information content (AvgIpc) is 2.62. The number of hydrogen-bond donors (Lipinski definition) is 0. The van der Waals surface area contributed by atoms with Crippen molar-refractivity contribution in [2.45, 2.75) is 26.9 Å². The first-order valence-electron chi connectivity index (χ1n) is 8.46. The van der Waals surface area contributed by atoms with E-state index in [1.165, 1.54) is 6.07 Å². The van der Waals surface area contributed by atoms with Crippen molar-refractivity contribution in [2.75, 3.05) is 6.61 Å². The Labute approximate surface area is 150 Å². The fourth-order valence-electron chi connectivity index (χ4n) is 2.95. The van der Waals surface area contributed by atoms with Gasteiger partial charge in [-0.2, -0.15) is 8.78 Å². The zero-order chi connectivity index (χ0) is 18.7. The standard InChI is InChI=1S/C21H19F3O2/c1-3-13-5-10-17-15(11-13)12-18(26-21(23)24)19(20(17)22)14-6-8-16(9-7-14)25-4-2/h5-12,21H,3-4H2,1-2H3. The number of hydrogen-bond acceptors (Lipinski definition) is 2. The van der Waals surface area contributed by atoms with Crippen LogP contribution in [0.4, 0.5) is 13.2 Å². The lowest BCUT2D eigenvalue weighted by molar-refractivity contribution is -0.0494. The van der Waals surface area contributed by atoms with Gasteiger partial charge in [0.2, 0.25) is 0 Å². The Bertz CT molecular complexity index is 905. The Kier molecular flexibility index (Phi) is 5.35. The first-order chi connectivity index (χ1) is 12.5. The zero-order valence-corrected chi connectivity index (χ0v) is 14.6. The van der Waals surface area contributed by atoms with Gasteiger partial charge >= 0.3 is 6.61 Å². The number of alkyl halides is 2. The average molecular weight is 360 g/mol. The molecule has 2 nitrogen and oxygen atoms in total. The van der Waals surface area contributed by atoms with E-state index in [4.69, 9.17) is 4.74 Å². The van der Waals surface area contributed by atoms with Crippen molar-refractivity contribution in [1.82, 2.24) is 0 Å². The van der Waals surface area contributed by atoms with Crippen molar-refractivity contribution >= 4 is 10.8 Å². The topological polar surface area (TPSA) is 18.5 Å². The van der Waals surface area contributed by atoms with Crippen LogP contribution in [0.5, 0.6) is 11.5 Å². The number of ether oxygens (including phenoxy) is 2. The van der Waals surface area contributed by atoms with Crippen LogP contribution in [-0.4, -0.2) is 13.2 Å². The first-order valence-corrected chi connectivity index (χ1v) is 8.46. The molecule has 0 aromatic heterocycles. The second kappa shape index (κ2) is 7.68. The maximum Gasteiger partial charge on any atom is 0.387 e. The summed E-state index contributed by atoms with van der Waals surface area (Å²) in [7, 11) is 0. The summed E-state index contributed by atoms with van der Waals surface area (Å²) < 4.78 is 51.0. The lowest BCUT2D eigenvalue weighted by atomic mass is 9.97. The monoisotopic (exact) mass is 360 g/mol. The summed E-state index contributed by atoms with van der Waals surface area (Å²) >= 11 is 0. The molecule has 0 bridgehead atoms. The van der Waals surface area contributed by atoms with Crippen molar-refractivity contribution < 1.29 is 22.6 Å². The third-order valence-electron chi connectivity index (χ3n) is 4.18. The molecule has 3 rings (SSSR count). The molecular formula is C21H19F3O2. The minimum absolute atomic E-state index is 0.0186. The Morgan fingerprint density at radius 3 is 2.31 bits per heavy atom. The summed E-state index contributed by atoms with van der Waals surface area (Å²) in [5.41, 5.74) is 1.46. The van der Waals surface area contributed by atoms with Gasteiger partial charge in [0, 0.05) is 5.39 Å². The number of benzene rings is 3. The molecule has 3 aromatic rings. The second-order valence-electron chi connectivity index (χ2n) is 5.81. The van der Waals surface area contributed by atoms with Gasteiger partial charge in [0.1, 0.15) is 17.3 Å². The van der Waals surface area contributed by atoms with E-state index in [9.17, 15) is 8.78 Å². The summed E-state index contributed by atoms with van der Waals surface area (Å²) in [6, 6.07) is 13.4. The van der Waals surface area contributed by atoms with Gasteiger partial charge in [-0.1, -0.05) is 37.3 Å². The largest absolute Gasteiger partial charge is 0.494 e. The van der Waals surface area contributed by atoms with Gasteiger partial charge in [0.25, 0.3) is 0 Å². The predicted octanol–water partition coefficient (Wildman–Crippen LogP) is 6.21. The van der Waals surface area contributed by atoms with Crippen molar-refractivity contribution in [3.8, 4) is 22.6 Å². The number of fused-ring (bicyclic) bond motifs is 1. The molecule has 0 unspecified atom stereocenters. The minimum Gasteiger partial charge on any atom is -0.494 e. The molecule has 0 N–H and O–H groups in total.